The smallest absolute Gasteiger partial charge is 0.236 e. The van der Waals surface area contributed by atoms with Gasteiger partial charge in [0.05, 0.1) is 12.2 Å². The minimum atomic E-state index is -0.235. The number of carbonyl (C=O) groups is 1. The Hall–Kier alpha value is -1.83. The normalized spacial score (nSPS) is 15.7. The molecule has 0 atom stereocenters. The number of halogens is 1. The molecular formula is C17H21FN4OS. The third kappa shape index (κ3) is 4.17. The molecule has 0 bridgehead atoms. The molecule has 1 N–H and O–H groups in total. The van der Waals surface area contributed by atoms with Crippen LogP contribution in [0.2, 0.25) is 0 Å². The number of carbonyl (C=O) groups excluding carboxylic acids is 1. The molecule has 0 radical (unpaired) electrons. The van der Waals surface area contributed by atoms with E-state index in [-0.39, 0.29) is 11.7 Å². The monoisotopic (exact) mass is 348 g/mol. The van der Waals surface area contributed by atoms with Gasteiger partial charge in [-0.2, -0.15) is 0 Å². The van der Waals surface area contributed by atoms with E-state index in [1.165, 1.54) is 12.1 Å². The molecule has 5 nitrogen and oxygen atoms in total. The first-order valence-electron chi connectivity index (χ1n) is 8.01. The Morgan fingerprint density at radius 3 is 2.62 bits per heavy atom. The zero-order valence-electron chi connectivity index (χ0n) is 13.7. The molecule has 1 fully saturated rings. The van der Waals surface area contributed by atoms with Crippen molar-refractivity contribution < 1.29 is 9.18 Å². The first-order valence-corrected chi connectivity index (χ1v) is 8.89. The Morgan fingerprint density at radius 1 is 1.25 bits per heavy atom. The summed E-state index contributed by atoms with van der Waals surface area (Å²) in [5, 5.41) is 5.86. The summed E-state index contributed by atoms with van der Waals surface area (Å²) >= 11 is 1.58. The zero-order chi connectivity index (χ0) is 16.9. The van der Waals surface area contributed by atoms with Gasteiger partial charge in [0, 0.05) is 43.7 Å². The fourth-order valence-corrected chi connectivity index (χ4v) is 3.57. The van der Waals surface area contributed by atoms with Crippen molar-refractivity contribution in [1.29, 1.82) is 0 Å². The Morgan fingerprint density at radius 2 is 1.96 bits per heavy atom. The highest BCUT2D eigenvalue weighted by Gasteiger charge is 2.21. The van der Waals surface area contributed by atoms with Gasteiger partial charge in [-0.1, -0.05) is 0 Å². The number of piperazine rings is 1. The van der Waals surface area contributed by atoms with Gasteiger partial charge in [-0.15, -0.1) is 11.3 Å². The van der Waals surface area contributed by atoms with Crippen LogP contribution in [0.25, 0.3) is 10.6 Å². The second-order valence-electron chi connectivity index (χ2n) is 5.84. The van der Waals surface area contributed by atoms with E-state index in [0.29, 0.717) is 6.54 Å². The van der Waals surface area contributed by atoms with Crippen molar-refractivity contribution in [3.8, 4) is 10.6 Å². The summed E-state index contributed by atoms with van der Waals surface area (Å²) in [5.74, 6) is -0.0781. The molecule has 2 heterocycles. The van der Waals surface area contributed by atoms with E-state index in [0.717, 1.165) is 49.0 Å². The summed E-state index contributed by atoms with van der Waals surface area (Å²) in [5.41, 5.74) is 1.96. The van der Waals surface area contributed by atoms with Gasteiger partial charge in [0.2, 0.25) is 5.91 Å². The molecule has 128 valence electrons. The fourth-order valence-electron chi connectivity index (χ4n) is 2.75. The third-order valence-corrected chi connectivity index (χ3v) is 5.02. The van der Waals surface area contributed by atoms with Crippen LogP contribution in [0.15, 0.2) is 29.6 Å². The van der Waals surface area contributed by atoms with Crippen LogP contribution in [0.1, 0.15) is 5.69 Å². The summed E-state index contributed by atoms with van der Waals surface area (Å²) in [7, 11) is 1.79. The highest BCUT2D eigenvalue weighted by Crippen LogP contribution is 2.24. The molecule has 0 unspecified atom stereocenters. The number of rotatable bonds is 5. The predicted molar refractivity (Wildman–Crippen MR) is 93.3 cm³/mol. The number of amides is 1. The van der Waals surface area contributed by atoms with Crippen LogP contribution in [0.5, 0.6) is 0 Å². The fraction of sp³-hybridized carbons (Fsp3) is 0.412. The zero-order valence-corrected chi connectivity index (χ0v) is 14.5. The van der Waals surface area contributed by atoms with E-state index in [4.69, 9.17) is 0 Å². The topological polar surface area (TPSA) is 48.5 Å². The maximum atomic E-state index is 13.0. The lowest BCUT2D eigenvalue weighted by Crippen LogP contribution is -2.50. The van der Waals surface area contributed by atoms with Gasteiger partial charge < -0.3 is 10.2 Å². The lowest BCUT2D eigenvalue weighted by molar-refractivity contribution is -0.131. The van der Waals surface area contributed by atoms with Crippen molar-refractivity contribution >= 4 is 17.2 Å². The van der Waals surface area contributed by atoms with E-state index >= 15 is 0 Å². The lowest BCUT2D eigenvalue weighted by atomic mass is 10.2. The Kier molecular flexibility index (Phi) is 5.55. The molecule has 2 aromatic rings. The van der Waals surface area contributed by atoms with Crippen LogP contribution in [0.3, 0.4) is 0 Å². The average molecular weight is 348 g/mol. The third-order valence-electron chi connectivity index (χ3n) is 4.08. The van der Waals surface area contributed by atoms with E-state index < -0.39 is 0 Å². The lowest BCUT2D eigenvalue weighted by Gasteiger charge is -2.34. The predicted octanol–water partition coefficient (Wildman–Crippen LogP) is 1.81. The van der Waals surface area contributed by atoms with Crippen LogP contribution in [0.4, 0.5) is 4.39 Å². The summed E-state index contributed by atoms with van der Waals surface area (Å²) in [6.45, 7) is 4.42. The van der Waals surface area contributed by atoms with E-state index in [1.54, 1.807) is 30.5 Å². The van der Waals surface area contributed by atoms with Gasteiger partial charge in [0.1, 0.15) is 10.8 Å². The Bertz CT molecular complexity index is 680. The SMILES string of the molecule is CNCC(=O)N1CCN(Cc2csc(-c3ccc(F)cc3)n2)CC1. The summed E-state index contributed by atoms with van der Waals surface area (Å²) in [6, 6.07) is 6.42. The second kappa shape index (κ2) is 7.83. The number of thiazole rings is 1. The molecule has 1 aromatic carbocycles. The summed E-state index contributed by atoms with van der Waals surface area (Å²) in [6.07, 6.45) is 0. The van der Waals surface area contributed by atoms with Gasteiger partial charge in [0.15, 0.2) is 0 Å². The highest BCUT2D eigenvalue weighted by molar-refractivity contribution is 7.13. The maximum absolute atomic E-state index is 13.0. The van der Waals surface area contributed by atoms with Crippen molar-refractivity contribution in [3.63, 3.8) is 0 Å². The van der Waals surface area contributed by atoms with E-state index in [1.807, 2.05) is 4.90 Å². The highest BCUT2D eigenvalue weighted by atomic mass is 32.1. The maximum Gasteiger partial charge on any atom is 0.236 e. The van der Waals surface area contributed by atoms with Crippen LogP contribution in [-0.2, 0) is 11.3 Å². The molecular weight excluding hydrogens is 327 g/mol. The van der Waals surface area contributed by atoms with Gasteiger partial charge in [0.25, 0.3) is 0 Å². The number of nitrogens with zero attached hydrogens (tertiary/aromatic N) is 3. The molecule has 3 rings (SSSR count). The molecule has 1 aliphatic rings. The van der Waals surface area contributed by atoms with Crippen molar-refractivity contribution in [3.05, 3.63) is 41.2 Å². The van der Waals surface area contributed by atoms with Crippen molar-refractivity contribution in [2.45, 2.75) is 6.54 Å². The molecule has 1 aromatic heterocycles. The average Bonchev–Trinajstić information content (AvgIpc) is 3.05. The van der Waals surface area contributed by atoms with Crippen molar-refractivity contribution in [1.82, 2.24) is 20.1 Å². The van der Waals surface area contributed by atoms with Crippen LogP contribution in [-0.4, -0.2) is 60.5 Å². The quantitative estimate of drug-likeness (QED) is 0.895. The number of aromatic nitrogens is 1. The summed E-state index contributed by atoms with van der Waals surface area (Å²) in [4.78, 5) is 20.7. The number of hydrogen-bond acceptors (Lipinski definition) is 5. The summed E-state index contributed by atoms with van der Waals surface area (Å²) < 4.78 is 13.0. The second-order valence-corrected chi connectivity index (χ2v) is 6.70. The molecule has 24 heavy (non-hydrogen) atoms. The van der Waals surface area contributed by atoms with Crippen molar-refractivity contribution in [2.24, 2.45) is 0 Å². The van der Waals surface area contributed by atoms with E-state index in [2.05, 4.69) is 20.6 Å². The first kappa shape index (κ1) is 17.0. The molecule has 1 saturated heterocycles. The molecule has 1 amide bonds. The first-order chi connectivity index (χ1) is 11.7. The standard InChI is InChI=1S/C17H21FN4OS/c1-19-10-16(23)22-8-6-21(7-9-22)11-15-12-24-17(20-15)13-2-4-14(18)5-3-13/h2-5,12,19H,6-11H2,1H3. The van der Waals surface area contributed by atoms with Gasteiger partial charge in [-0.25, -0.2) is 9.37 Å². The van der Waals surface area contributed by atoms with Crippen molar-refractivity contribution in [2.75, 3.05) is 39.8 Å². The minimum Gasteiger partial charge on any atom is -0.339 e. The Balaban J connectivity index is 1.54. The number of hydrogen-bond donors (Lipinski definition) is 1. The van der Waals surface area contributed by atoms with Gasteiger partial charge in [-0.05, 0) is 31.3 Å². The van der Waals surface area contributed by atoms with Crippen LogP contribution < -0.4 is 5.32 Å². The van der Waals surface area contributed by atoms with Gasteiger partial charge in [-0.3, -0.25) is 9.69 Å². The molecule has 1 aliphatic heterocycles. The largest absolute Gasteiger partial charge is 0.339 e. The number of benzene rings is 1. The number of nitrogens with one attached hydrogen (secondary N) is 1. The molecule has 0 saturated carbocycles. The van der Waals surface area contributed by atoms with Gasteiger partial charge >= 0.3 is 0 Å². The van der Waals surface area contributed by atoms with Crippen LogP contribution >= 0.6 is 11.3 Å². The number of likely N-dealkylation sites (N-methyl/N-ethyl adjacent to an activating group) is 1. The van der Waals surface area contributed by atoms with E-state index in [9.17, 15) is 9.18 Å². The molecule has 7 heteroatoms. The molecule has 0 spiro atoms. The Labute approximate surface area is 145 Å². The van der Waals surface area contributed by atoms with Crippen LogP contribution in [0, 0.1) is 5.82 Å². The molecule has 0 aliphatic carbocycles. The minimum absolute atomic E-state index is 0.157.